The highest BCUT2D eigenvalue weighted by molar-refractivity contribution is 7.92. The molecule has 4 rings (SSSR count). The Morgan fingerprint density at radius 3 is 2.44 bits per heavy atom. The summed E-state index contributed by atoms with van der Waals surface area (Å²) < 4.78 is 27.2. The van der Waals surface area contributed by atoms with Crippen LogP contribution in [0.25, 0.3) is 0 Å². The van der Waals surface area contributed by atoms with Gasteiger partial charge >= 0.3 is 0 Å². The second-order valence-electron chi connectivity index (χ2n) is 7.04. The van der Waals surface area contributed by atoms with Crippen LogP contribution >= 0.6 is 0 Å². The topological polar surface area (TPSA) is 137 Å². The molecule has 2 heterocycles. The van der Waals surface area contributed by atoms with Gasteiger partial charge in [-0.15, -0.1) is 0 Å². The molecule has 0 aliphatic carbocycles. The minimum absolute atomic E-state index is 0.00151. The molecule has 1 aliphatic rings. The lowest BCUT2D eigenvalue weighted by atomic mass is 10.1. The summed E-state index contributed by atoms with van der Waals surface area (Å²) in [5.74, 6) is -0.150. The molecule has 0 saturated carbocycles. The number of hydrogen-bond acceptors (Lipinski definition) is 8. The Hall–Kier alpha value is -3.99. The third-order valence-corrected chi connectivity index (χ3v) is 6.04. The summed E-state index contributed by atoms with van der Waals surface area (Å²) in [4.78, 5) is 20.3. The summed E-state index contributed by atoms with van der Waals surface area (Å²) >= 11 is 0. The van der Waals surface area contributed by atoms with Crippen molar-refractivity contribution in [3.05, 3.63) is 72.6 Å². The SMILES string of the molecule is O=C(c1ccc(O)cc1)N1CC(CNc2ccc(S(=O)(=O)Nc3ncccn3)cc2)C=N1. The van der Waals surface area contributed by atoms with Crippen LogP contribution < -0.4 is 10.0 Å². The molecule has 0 saturated heterocycles. The van der Waals surface area contributed by atoms with E-state index in [1.54, 1.807) is 36.5 Å². The van der Waals surface area contributed by atoms with E-state index in [2.05, 4.69) is 25.1 Å². The van der Waals surface area contributed by atoms with E-state index in [9.17, 15) is 18.3 Å². The van der Waals surface area contributed by atoms with Crippen molar-refractivity contribution in [3.8, 4) is 5.75 Å². The number of nitrogens with zero attached hydrogens (tertiary/aromatic N) is 4. The Labute approximate surface area is 184 Å². The smallest absolute Gasteiger partial charge is 0.273 e. The molecular formula is C21H20N6O4S. The predicted molar refractivity (Wildman–Crippen MR) is 119 cm³/mol. The maximum Gasteiger partial charge on any atom is 0.273 e. The van der Waals surface area contributed by atoms with E-state index in [1.165, 1.54) is 41.7 Å². The van der Waals surface area contributed by atoms with Crippen LogP contribution in [0.2, 0.25) is 0 Å². The number of rotatable bonds is 7. The first-order valence-electron chi connectivity index (χ1n) is 9.69. The molecular weight excluding hydrogens is 432 g/mol. The first-order chi connectivity index (χ1) is 15.4. The Morgan fingerprint density at radius 1 is 1.06 bits per heavy atom. The Bertz CT molecular complexity index is 1220. The van der Waals surface area contributed by atoms with Crippen molar-refractivity contribution >= 4 is 33.8 Å². The van der Waals surface area contributed by atoms with E-state index < -0.39 is 10.0 Å². The number of phenolic OH excluding ortho intramolecular Hbond substituents is 1. The minimum atomic E-state index is -3.79. The molecule has 0 bridgehead atoms. The molecule has 3 N–H and O–H groups in total. The second-order valence-corrected chi connectivity index (χ2v) is 8.72. The van der Waals surface area contributed by atoms with Crippen LogP contribution in [-0.2, 0) is 10.0 Å². The van der Waals surface area contributed by atoms with Crippen LogP contribution in [0.15, 0.2) is 77.0 Å². The number of carbonyl (C=O) groups excluding carboxylic acids is 1. The lowest BCUT2D eigenvalue weighted by Gasteiger charge is -2.15. The molecule has 164 valence electrons. The molecule has 10 nitrogen and oxygen atoms in total. The molecule has 3 aromatic rings. The third kappa shape index (κ3) is 5.01. The summed E-state index contributed by atoms with van der Waals surface area (Å²) in [5.41, 5.74) is 1.18. The first kappa shape index (κ1) is 21.2. The van der Waals surface area contributed by atoms with Gasteiger partial charge in [0.25, 0.3) is 15.9 Å². The molecule has 0 radical (unpaired) electrons. The van der Waals surface area contributed by atoms with E-state index in [0.29, 0.717) is 18.7 Å². The summed E-state index contributed by atoms with van der Waals surface area (Å²) in [7, 11) is -3.79. The lowest BCUT2D eigenvalue weighted by molar-refractivity contribution is 0.0769. The van der Waals surface area contributed by atoms with E-state index >= 15 is 0 Å². The van der Waals surface area contributed by atoms with Gasteiger partial charge in [-0.1, -0.05) is 0 Å². The van der Waals surface area contributed by atoms with Gasteiger partial charge in [-0.2, -0.15) is 5.10 Å². The van der Waals surface area contributed by atoms with Crippen molar-refractivity contribution in [2.75, 3.05) is 23.1 Å². The van der Waals surface area contributed by atoms with Gasteiger partial charge in [-0.25, -0.2) is 28.1 Å². The zero-order chi connectivity index (χ0) is 22.6. The van der Waals surface area contributed by atoms with Crippen molar-refractivity contribution in [1.82, 2.24) is 15.0 Å². The molecule has 11 heteroatoms. The van der Waals surface area contributed by atoms with Crippen LogP contribution in [-0.4, -0.2) is 53.7 Å². The van der Waals surface area contributed by atoms with Crippen LogP contribution in [0.1, 0.15) is 10.4 Å². The molecule has 1 amide bonds. The molecule has 1 aliphatic heterocycles. The fourth-order valence-corrected chi connectivity index (χ4v) is 3.99. The average molecular weight is 452 g/mol. The van der Waals surface area contributed by atoms with E-state index in [0.717, 1.165) is 5.69 Å². The molecule has 1 aromatic heterocycles. The Kier molecular flexibility index (Phi) is 5.99. The number of anilines is 2. The number of nitrogens with one attached hydrogen (secondary N) is 2. The maximum atomic E-state index is 12.5. The predicted octanol–water partition coefficient (Wildman–Crippen LogP) is 2.15. The summed E-state index contributed by atoms with van der Waals surface area (Å²) in [6.45, 7) is 0.936. The number of phenols is 1. The van der Waals surface area contributed by atoms with Gasteiger partial charge in [0.15, 0.2) is 0 Å². The van der Waals surface area contributed by atoms with Crippen LogP contribution in [0.4, 0.5) is 11.6 Å². The highest BCUT2D eigenvalue weighted by Crippen LogP contribution is 2.19. The normalized spacial score (nSPS) is 15.5. The van der Waals surface area contributed by atoms with Crippen molar-refractivity contribution < 1.29 is 18.3 Å². The van der Waals surface area contributed by atoms with Crippen molar-refractivity contribution in [2.24, 2.45) is 11.0 Å². The summed E-state index contributed by atoms with van der Waals surface area (Å²) in [6.07, 6.45) is 4.60. The van der Waals surface area contributed by atoms with Gasteiger partial charge in [0.2, 0.25) is 5.95 Å². The Morgan fingerprint density at radius 2 is 1.75 bits per heavy atom. The van der Waals surface area contributed by atoms with Crippen molar-refractivity contribution in [1.29, 1.82) is 0 Å². The highest BCUT2D eigenvalue weighted by atomic mass is 32.2. The van der Waals surface area contributed by atoms with Gasteiger partial charge in [0.05, 0.1) is 11.4 Å². The molecule has 0 fully saturated rings. The zero-order valence-corrected chi connectivity index (χ0v) is 17.6. The standard InChI is InChI=1S/C21H20N6O4S/c28-18-6-2-16(3-7-18)20(29)27-14-15(13-25-27)12-24-17-4-8-19(9-5-17)32(30,31)26-21-22-10-1-11-23-21/h1-11,13,15,24,28H,12,14H2,(H,22,23,26). The number of amides is 1. The van der Waals surface area contributed by atoms with Crippen molar-refractivity contribution in [2.45, 2.75) is 4.90 Å². The third-order valence-electron chi connectivity index (χ3n) is 4.70. The van der Waals surface area contributed by atoms with Gasteiger partial charge in [0, 0.05) is 42.3 Å². The molecule has 1 atom stereocenters. The van der Waals surface area contributed by atoms with Crippen LogP contribution in [0.5, 0.6) is 5.75 Å². The quantitative estimate of drug-likeness (QED) is 0.499. The van der Waals surface area contributed by atoms with Gasteiger partial charge in [-0.05, 0) is 54.6 Å². The van der Waals surface area contributed by atoms with E-state index in [4.69, 9.17) is 0 Å². The molecule has 0 spiro atoms. The number of hydrazone groups is 1. The molecule has 2 aromatic carbocycles. The maximum absolute atomic E-state index is 12.5. The number of aromatic hydroxyl groups is 1. The number of sulfonamides is 1. The summed E-state index contributed by atoms with van der Waals surface area (Å²) in [6, 6.07) is 13.9. The number of carbonyl (C=O) groups is 1. The van der Waals surface area contributed by atoms with Gasteiger partial charge in [0.1, 0.15) is 5.75 Å². The largest absolute Gasteiger partial charge is 0.508 e. The second kappa shape index (κ2) is 9.02. The van der Waals surface area contributed by atoms with Crippen LogP contribution in [0, 0.1) is 5.92 Å². The minimum Gasteiger partial charge on any atom is -0.508 e. The highest BCUT2D eigenvalue weighted by Gasteiger charge is 2.24. The number of hydrogen-bond donors (Lipinski definition) is 3. The fraction of sp³-hybridized carbons (Fsp3) is 0.143. The van der Waals surface area contributed by atoms with Gasteiger partial charge < -0.3 is 10.4 Å². The monoisotopic (exact) mass is 452 g/mol. The molecule has 1 unspecified atom stereocenters. The first-order valence-corrected chi connectivity index (χ1v) is 11.2. The average Bonchev–Trinajstić information content (AvgIpc) is 3.27. The van der Waals surface area contributed by atoms with Gasteiger partial charge in [-0.3, -0.25) is 4.79 Å². The number of aromatic nitrogens is 2. The van der Waals surface area contributed by atoms with E-state index in [1.807, 2.05) is 0 Å². The zero-order valence-electron chi connectivity index (χ0n) is 16.8. The van der Waals surface area contributed by atoms with Crippen LogP contribution in [0.3, 0.4) is 0 Å². The van der Waals surface area contributed by atoms with Crippen molar-refractivity contribution in [3.63, 3.8) is 0 Å². The lowest BCUT2D eigenvalue weighted by Crippen LogP contribution is -2.28. The van der Waals surface area contributed by atoms with E-state index in [-0.39, 0.29) is 28.4 Å². The number of benzene rings is 2. The Balaban J connectivity index is 1.31. The molecule has 32 heavy (non-hydrogen) atoms. The fourth-order valence-electron chi connectivity index (χ4n) is 3.03. The summed E-state index contributed by atoms with van der Waals surface area (Å²) in [5, 5.41) is 18.1.